The number of nitrogens with zero attached hydrogens (tertiary/aromatic N) is 1. The summed E-state index contributed by atoms with van der Waals surface area (Å²) >= 11 is 0. The van der Waals surface area contributed by atoms with Gasteiger partial charge in [0.1, 0.15) is 5.75 Å². The van der Waals surface area contributed by atoms with Crippen LogP contribution in [0.4, 0.5) is 18.9 Å². The Kier molecular flexibility index (Phi) is 7.25. The van der Waals surface area contributed by atoms with E-state index in [1.165, 1.54) is 25.1 Å². The molecule has 150 valence electrons. The second-order valence-corrected chi connectivity index (χ2v) is 5.82. The van der Waals surface area contributed by atoms with Crippen molar-refractivity contribution in [3.05, 3.63) is 59.7 Å². The summed E-state index contributed by atoms with van der Waals surface area (Å²) in [5, 5.41) is 8.72. The fourth-order valence-corrected chi connectivity index (χ4v) is 2.42. The molecule has 6 nitrogen and oxygen atoms in total. The van der Waals surface area contributed by atoms with Gasteiger partial charge in [0, 0.05) is 38.3 Å². The zero-order valence-corrected chi connectivity index (χ0v) is 15.4. The normalized spacial score (nSPS) is 11.7. The molecule has 0 bridgehead atoms. The summed E-state index contributed by atoms with van der Waals surface area (Å²) < 4.78 is 41.5. The van der Waals surface area contributed by atoms with Crippen LogP contribution < -0.4 is 20.7 Å². The lowest BCUT2D eigenvalue weighted by Gasteiger charge is -2.16. The van der Waals surface area contributed by atoms with Crippen molar-refractivity contribution in [3.8, 4) is 5.75 Å². The molecule has 0 aliphatic rings. The Hall–Kier alpha value is -3.23. The van der Waals surface area contributed by atoms with Crippen LogP contribution in [0.1, 0.15) is 18.1 Å². The third-order valence-corrected chi connectivity index (χ3v) is 3.58. The Morgan fingerprint density at radius 2 is 1.79 bits per heavy atom. The first-order valence-electron chi connectivity index (χ1n) is 8.41. The number of ether oxygens (including phenoxy) is 1. The van der Waals surface area contributed by atoms with Crippen LogP contribution in [0.3, 0.4) is 0 Å². The maximum Gasteiger partial charge on any atom is 0.573 e. The minimum absolute atomic E-state index is 0.0951. The smallest absolute Gasteiger partial charge is 0.405 e. The number of carbonyl (C=O) groups is 1. The van der Waals surface area contributed by atoms with Crippen LogP contribution in [-0.2, 0) is 17.9 Å². The number of anilines is 1. The lowest BCUT2D eigenvalue weighted by atomic mass is 10.2. The van der Waals surface area contributed by atoms with Gasteiger partial charge in [0.25, 0.3) is 0 Å². The fourth-order valence-electron chi connectivity index (χ4n) is 2.42. The Labute approximate surface area is 160 Å². The van der Waals surface area contributed by atoms with Crippen molar-refractivity contribution < 1.29 is 22.7 Å². The summed E-state index contributed by atoms with van der Waals surface area (Å²) in [4.78, 5) is 15.2. The average molecular weight is 394 g/mol. The van der Waals surface area contributed by atoms with Gasteiger partial charge in [-0.05, 0) is 23.8 Å². The first kappa shape index (κ1) is 21.1. The topological polar surface area (TPSA) is 74.8 Å². The molecular weight excluding hydrogens is 373 g/mol. The first-order chi connectivity index (χ1) is 13.3. The van der Waals surface area contributed by atoms with Crippen LogP contribution in [0.5, 0.6) is 5.75 Å². The van der Waals surface area contributed by atoms with E-state index in [1.54, 1.807) is 19.2 Å². The van der Waals surface area contributed by atoms with Crippen LogP contribution >= 0.6 is 0 Å². The van der Waals surface area contributed by atoms with Crippen LogP contribution in [0.15, 0.2) is 53.5 Å². The minimum Gasteiger partial charge on any atom is -0.405 e. The second-order valence-electron chi connectivity index (χ2n) is 5.82. The van der Waals surface area contributed by atoms with E-state index in [1.807, 2.05) is 18.2 Å². The highest BCUT2D eigenvalue weighted by molar-refractivity contribution is 5.88. The molecule has 0 unspecified atom stereocenters. The van der Waals surface area contributed by atoms with Gasteiger partial charge in [0.2, 0.25) is 5.91 Å². The SMILES string of the molecule is CN=C(NCc1cccc(NC(C)=O)c1)NCc1ccccc1OC(F)(F)F. The van der Waals surface area contributed by atoms with E-state index in [2.05, 4.69) is 25.7 Å². The van der Waals surface area contributed by atoms with E-state index >= 15 is 0 Å². The lowest BCUT2D eigenvalue weighted by Crippen LogP contribution is -2.36. The summed E-state index contributed by atoms with van der Waals surface area (Å²) in [5.74, 6) is -0.0185. The Bertz CT molecular complexity index is 838. The number of amides is 1. The zero-order valence-electron chi connectivity index (χ0n) is 15.4. The number of hydrogen-bond donors (Lipinski definition) is 3. The highest BCUT2D eigenvalue weighted by Crippen LogP contribution is 2.26. The summed E-state index contributed by atoms with van der Waals surface area (Å²) in [6.07, 6.45) is -4.76. The number of nitrogens with one attached hydrogen (secondary N) is 3. The molecule has 0 aromatic heterocycles. The monoisotopic (exact) mass is 394 g/mol. The highest BCUT2D eigenvalue weighted by atomic mass is 19.4. The number of aliphatic imine (C=N–C) groups is 1. The molecule has 0 saturated heterocycles. The first-order valence-corrected chi connectivity index (χ1v) is 8.41. The van der Waals surface area contributed by atoms with Crippen molar-refractivity contribution in [2.45, 2.75) is 26.4 Å². The Balaban J connectivity index is 1.95. The third kappa shape index (κ3) is 7.18. The number of guanidine groups is 1. The van der Waals surface area contributed by atoms with Crippen molar-refractivity contribution in [2.24, 2.45) is 4.99 Å². The molecule has 0 heterocycles. The minimum atomic E-state index is -4.76. The van der Waals surface area contributed by atoms with E-state index in [4.69, 9.17) is 0 Å². The van der Waals surface area contributed by atoms with Gasteiger partial charge in [0.15, 0.2) is 5.96 Å². The van der Waals surface area contributed by atoms with E-state index in [9.17, 15) is 18.0 Å². The second kappa shape index (κ2) is 9.63. The van der Waals surface area contributed by atoms with Crippen molar-refractivity contribution in [2.75, 3.05) is 12.4 Å². The van der Waals surface area contributed by atoms with E-state index in [0.29, 0.717) is 23.8 Å². The molecule has 0 atom stereocenters. The number of rotatable bonds is 6. The molecule has 0 radical (unpaired) electrons. The van der Waals surface area contributed by atoms with Crippen LogP contribution in [-0.4, -0.2) is 25.3 Å². The lowest BCUT2D eigenvalue weighted by molar-refractivity contribution is -0.274. The number of alkyl halides is 3. The van der Waals surface area contributed by atoms with Crippen LogP contribution in [0.2, 0.25) is 0 Å². The molecule has 0 saturated carbocycles. The number of para-hydroxylation sites is 1. The molecule has 2 rings (SSSR count). The van der Waals surface area contributed by atoms with Gasteiger partial charge in [-0.1, -0.05) is 30.3 Å². The predicted octanol–water partition coefficient (Wildman–Crippen LogP) is 3.41. The summed E-state index contributed by atoms with van der Waals surface area (Å²) in [6.45, 7) is 1.93. The van der Waals surface area contributed by atoms with Gasteiger partial charge in [-0.3, -0.25) is 9.79 Å². The maximum atomic E-state index is 12.5. The van der Waals surface area contributed by atoms with Crippen LogP contribution in [0, 0.1) is 0 Å². The van der Waals surface area contributed by atoms with Gasteiger partial charge < -0.3 is 20.7 Å². The Morgan fingerprint density at radius 1 is 1.07 bits per heavy atom. The molecule has 2 aromatic carbocycles. The van der Waals surface area contributed by atoms with Gasteiger partial charge in [-0.15, -0.1) is 13.2 Å². The van der Waals surface area contributed by atoms with Crippen molar-refractivity contribution in [3.63, 3.8) is 0 Å². The molecule has 2 aromatic rings. The standard InChI is InChI=1S/C19H21F3N4O2/c1-13(27)26-16-8-5-6-14(10-16)11-24-18(23-2)25-12-15-7-3-4-9-17(15)28-19(20,21)22/h3-10H,11-12H2,1-2H3,(H,26,27)(H2,23,24,25). The van der Waals surface area contributed by atoms with Gasteiger partial charge >= 0.3 is 6.36 Å². The van der Waals surface area contributed by atoms with Crippen molar-refractivity contribution >= 4 is 17.6 Å². The maximum absolute atomic E-state index is 12.5. The summed E-state index contributed by atoms with van der Waals surface area (Å²) in [5.41, 5.74) is 1.92. The molecule has 9 heteroatoms. The van der Waals surface area contributed by atoms with Crippen molar-refractivity contribution in [1.29, 1.82) is 0 Å². The molecule has 0 aliphatic carbocycles. The van der Waals surface area contributed by atoms with Crippen molar-refractivity contribution in [1.82, 2.24) is 10.6 Å². The summed E-state index contributed by atoms with van der Waals surface area (Å²) in [7, 11) is 1.56. The molecule has 0 fully saturated rings. The van der Waals surface area contributed by atoms with E-state index in [-0.39, 0.29) is 18.2 Å². The number of halogens is 3. The van der Waals surface area contributed by atoms with E-state index < -0.39 is 6.36 Å². The number of carbonyl (C=O) groups excluding carboxylic acids is 1. The molecule has 0 aliphatic heterocycles. The predicted molar refractivity (Wildman–Crippen MR) is 101 cm³/mol. The number of hydrogen-bond acceptors (Lipinski definition) is 3. The zero-order chi connectivity index (χ0) is 20.6. The average Bonchev–Trinajstić information content (AvgIpc) is 2.61. The fraction of sp³-hybridized carbons (Fsp3) is 0.263. The molecule has 3 N–H and O–H groups in total. The third-order valence-electron chi connectivity index (χ3n) is 3.58. The van der Waals surface area contributed by atoms with Gasteiger partial charge in [-0.2, -0.15) is 0 Å². The quantitative estimate of drug-likeness (QED) is 0.519. The summed E-state index contributed by atoms with van der Waals surface area (Å²) in [6, 6.07) is 13.2. The largest absolute Gasteiger partial charge is 0.573 e. The Morgan fingerprint density at radius 3 is 2.46 bits per heavy atom. The highest BCUT2D eigenvalue weighted by Gasteiger charge is 2.31. The molecule has 0 spiro atoms. The molecular formula is C19H21F3N4O2. The van der Waals surface area contributed by atoms with Gasteiger partial charge in [-0.25, -0.2) is 0 Å². The molecule has 1 amide bonds. The molecule has 28 heavy (non-hydrogen) atoms. The van der Waals surface area contributed by atoms with Gasteiger partial charge in [0.05, 0.1) is 0 Å². The number of benzene rings is 2. The van der Waals surface area contributed by atoms with E-state index in [0.717, 1.165) is 5.56 Å². The van der Waals surface area contributed by atoms with Crippen LogP contribution in [0.25, 0.3) is 0 Å².